The van der Waals surface area contributed by atoms with Crippen molar-refractivity contribution < 1.29 is 8.83 Å². The smallest absolute Gasteiger partial charge is 0.414 e. The van der Waals surface area contributed by atoms with Crippen LogP contribution in [-0.2, 0) is 13.0 Å². The Labute approximate surface area is 116 Å². The summed E-state index contributed by atoms with van der Waals surface area (Å²) < 4.78 is 11.4. The van der Waals surface area contributed by atoms with Crippen LogP contribution in [-0.4, -0.2) is 9.55 Å². The van der Waals surface area contributed by atoms with Crippen LogP contribution in [0.2, 0.25) is 0 Å². The third-order valence-electron chi connectivity index (χ3n) is 3.72. The first-order chi connectivity index (χ1) is 10.1. The minimum atomic E-state index is -1.13. The van der Waals surface area contributed by atoms with E-state index in [4.69, 9.17) is 8.83 Å². The molecule has 4 rings (SSSR count). The van der Waals surface area contributed by atoms with Crippen molar-refractivity contribution in [2.75, 3.05) is 0 Å². The van der Waals surface area contributed by atoms with Gasteiger partial charge < -0.3 is 8.83 Å². The topological polar surface area (TPSA) is 95.3 Å². The lowest BCUT2D eigenvalue weighted by molar-refractivity contribution is 0.449. The average molecular weight is 286 g/mol. The zero-order chi connectivity index (χ0) is 14.6. The van der Waals surface area contributed by atoms with Crippen molar-refractivity contribution in [1.82, 2.24) is 9.55 Å². The molecule has 0 unspecified atom stereocenters. The van der Waals surface area contributed by atoms with Gasteiger partial charge in [-0.05, 0) is 25.0 Å². The Hall–Kier alpha value is -2.70. The number of fused-ring (bicyclic) bond motifs is 4. The van der Waals surface area contributed by atoms with E-state index in [1.807, 2.05) is 0 Å². The number of rotatable bonds is 0. The predicted molar refractivity (Wildman–Crippen MR) is 73.5 cm³/mol. The predicted octanol–water partition coefficient (Wildman–Crippen LogP) is 0.792. The van der Waals surface area contributed by atoms with Gasteiger partial charge in [0.1, 0.15) is 11.2 Å². The minimum Gasteiger partial charge on any atom is -0.414 e. The van der Waals surface area contributed by atoms with Crippen molar-refractivity contribution >= 4 is 22.1 Å². The van der Waals surface area contributed by atoms with Crippen LogP contribution in [0.1, 0.15) is 18.7 Å². The maximum atomic E-state index is 12.6. The lowest BCUT2D eigenvalue weighted by Gasteiger charge is -2.17. The van der Waals surface area contributed by atoms with Crippen LogP contribution in [0.3, 0.4) is 0 Å². The highest BCUT2D eigenvalue weighted by atomic mass is 16.5. The van der Waals surface area contributed by atoms with Gasteiger partial charge in [-0.1, -0.05) is 0 Å². The highest BCUT2D eigenvalue weighted by molar-refractivity contribution is 5.99. The van der Waals surface area contributed by atoms with Crippen molar-refractivity contribution in [2.45, 2.75) is 25.8 Å². The first-order valence-electron chi connectivity index (χ1n) is 6.65. The Morgan fingerprint density at radius 1 is 1.05 bits per heavy atom. The second-order valence-electron chi connectivity index (χ2n) is 5.01. The van der Waals surface area contributed by atoms with Crippen molar-refractivity contribution in [3.05, 3.63) is 49.2 Å². The van der Waals surface area contributed by atoms with E-state index in [1.165, 1.54) is 6.07 Å². The first-order valence-corrected chi connectivity index (χ1v) is 6.65. The molecular formula is C14H10N2O5. The van der Waals surface area contributed by atoms with E-state index in [-0.39, 0.29) is 22.1 Å². The van der Waals surface area contributed by atoms with E-state index in [0.29, 0.717) is 12.1 Å². The van der Waals surface area contributed by atoms with Gasteiger partial charge in [0.25, 0.3) is 5.56 Å². The fraction of sp³-hybridized carbons (Fsp3) is 0.286. The van der Waals surface area contributed by atoms with Crippen LogP contribution < -0.4 is 16.8 Å². The van der Waals surface area contributed by atoms with E-state index in [2.05, 4.69) is 4.98 Å². The fourth-order valence-electron chi connectivity index (χ4n) is 2.74. The molecule has 0 radical (unpaired) electrons. The molecule has 0 N–H and O–H groups in total. The molecule has 0 saturated carbocycles. The molecule has 0 spiro atoms. The Bertz CT molecular complexity index is 1060. The normalized spacial score (nSPS) is 14.5. The lowest BCUT2D eigenvalue weighted by atomic mass is 10.1. The van der Waals surface area contributed by atoms with E-state index >= 15 is 0 Å². The first kappa shape index (κ1) is 12.1. The maximum absolute atomic E-state index is 12.6. The van der Waals surface area contributed by atoms with Crippen LogP contribution in [0.25, 0.3) is 22.1 Å². The van der Waals surface area contributed by atoms with Gasteiger partial charge in [-0.15, -0.1) is 0 Å². The Morgan fingerprint density at radius 2 is 1.86 bits per heavy atom. The fourth-order valence-corrected chi connectivity index (χ4v) is 2.74. The van der Waals surface area contributed by atoms with Crippen molar-refractivity contribution in [3.8, 4) is 0 Å². The summed E-state index contributed by atoms with van der Waals surface area (Å²) in [7, 11) is 0. The van der Waals surface area contributed by atoms with Gasteiger partial charge in [0.05, 0.1) is 5.52 Å². The quantitative estimate of drug-likeness (QED) is 0.448. The summed E-state index contributed by atoms with van der Waals surface area (Å²) in [5.41, 5.74) is -1.99. The van der Waals surface area contributed by atoms with Gasteiger partial charge in [0, 0.05) is 13.0 Å². The van der Waals surface area contributed by atoms with Gasteiger partial charge in [-0.3, -0.25) is 9.36 Å². The molecule has 7 heteroatoms. The lowest BCUT2D eigenvalue weighted by Crippen LogP contribution is -2.29. The number of nitrogens with zero attached hydrogens (tertiary/aromatic N) is 2. The van der Waals surface area contributed by atoms with Gasteiger partial charge in [0.15, 0.2) is 11.2 Å². The van der Waals surface area contributed by atoms with Gasteiger partial charge >= 0.3 is 11.3 Å². The second-order valence-corrected chi connectivity index (χ2v) is 5.01. The van der Waals surface area contributed by atoms with Crippen molar-refractivity contribution in [2.24, 2.45) is 0 Å². The Morgan fingerprint density at radius 3 is 2.71 bits per heavy atom. The Balaban J connectivity index is 2.25. The molecule has 3 aromatic rings. The number of benzene rings is 1. The molecular weight excluding hydrogens is 276 g/mol. The largest absolute Gasteiger partial charge is 0.423 e. The average Bonchev–Trinajstić information content (AvgIpc) is 2.48. The summed E-state index contributed by atoms with van der Waals surface area (Å²) in [6, 6.07) is 3.08. The van der Waals surface area contributed by atoms with E-state index in [9.17, 15) is 14.4 Å². The molecule has 0 bridgehead atoms. The maximum Gasteiger partial charge on any atom is 0.423 e. The van der Waals surface area contributed by atoms with Gasteiger partial charge in [-0.2, -0.15) is 0 Å². The molecule has 2 aromatic heterocycles. The van der Waals surface area contributed by atoms with Crippen LogP contribution in [0, 0.1) is 0 Å². The third kappa shape index (κ3) is 1.67. The molecule has 1 aliphatic rings. The van der Waals surface area contributed by atoms with E-state index < -0.39 is 11.3 Å². The molecule has 0 amide bonds. The number of aryl methyl sites for hydroxylation is 1. The standard InChI is InChI=1S/C14H10N2O5/c17-12-10-7(15-9-3-1-2-6-16(9)12)4-5-8-11(10)21-14(19)13(18)20-8/h4-5H,1-3,6H2. The molecule has 1 aromatic carbocycles. The number of hydrogen-bond acceptors (Lipinski definition) is 6. The summed E-state index contributed by atoms with van der Waals surface area (Å²) in [5.74, 6) is 0.734. The highest BCUT2D eigenvalue weighted by Crippen LogP contribution is 2.21. The zero-order valence-electron chi connectivity index (χ0n) is 10.9. The molecule has 7 nitrogen and oxygen atoms in total. The van der Waals surface area contributed by atoms with E-state index in [0.717, 1.165) is 25.1 Å². The van der Waals surface area contributed by atoms with Crippen LogP contribution in [0.5, 0.6) is 0 Å². The van der Waals surface area contributed by atoms with Crippen LogP contribution in [0.15, 0.2) is 35.4 Å². The van der Waals surface area contributed by atoms with Crippen LogP contribution in [0.4, 0.5) is 0 Å². The second kappa shape index (κ2) is 4.15. The number of hydrogen-bond donors (Lipinski definition) is 0. The molecule has 21 heavy (non-hydrogen) atoms. The van der Waals surface area contributed by atoms with Crippen molar-refractivity contribution in [1.29, 1.82) is 0 Å². The monoisotopic (exact) mass is 286 g/mol. The minimum absolute atomic E-state index is 0.0181. The van der Waals surface area contributed by atoms with Gasteiger partial charge in [-0.25, -0.2) is 14.6 Å². The SMILES string of the molecule is O=c1oc2ccc3nc4n(c(=O)c3c2oc1=O)CCCC4. The molecule has 3 heterocycles. The molecule has 0 fully saturated rings. The number of aromatic nitrogens is 2. The summed E-state index contributed by atoms with van der Waals surface area (Å²) in [4.78, 5) is 39.7. The highest BCUT2D eigenvalue weighted by Gasteiger charge is 2.18. The Kier molecular flexibility index (Phi) is 2.38. The van der Waals surface area contributed by atoms with Crippen LogP contribution >= 0.6 is 0 Å². The molecule has 0 atom stereocenters. The molecule has 106 valence electrons. The summed E-state index contributed by atoms with van der Waals surface area (Å²) in [6.45, 7) is 0.592. The van der Waals surface area contributed by atoms with Crippen molar-refractivity contribution in [3.63, 3.8) is 0 Å². The summed E-state index contributed by atoms with van der Waals surface area (Å²) in [6.07, 6.45) is 2.65. The third-order valence-corrected chi connectivity index (χ3v) is 3.72. The summed E-state index contributed by atoms with van der Waals surface area (Å²) >= 11 is 0. The van der Waals surface area contributed by atoms with Gasteiger partial charge in [0.2, 0.25) is 0 Å². The molecule has 0 saturated heterocycles. The molecule has 0 aliphatic carbocycles. The zero-order valence-corrected chi connectivity index (χ0v) is 10.9. The summed E-state index contributed by atoms with van der Waals surface area (Å²) in [5, 5.41) is 0.180. The van der Waals surface area contributed by atoms with E-state index in [1.54, 1.807) is 10.6 Å². The molecule has 1 aliphatic heterocycles.